The van der Waals surface area contributed by atoms with E-state index in [0.29, 0.717) is 12.5 Å². The van der Waals surface area contributed by atoms with Gasteiger partial charge in [-0.15, -0.1) is 0 Å². The molecule has 1 saturated heterocycles. The molecule has 0 radical (unpaired) electrons. The van der Waals surface area contributed by atoms with Gasteiger partial charge in [-0.3, -0.25) is 4.79 Å². The van der Waals surface area contributed by atoms with Gasteiger partial charge in [-0.25, -0.2) is 4.98 Å². The van der Waals surface area contributed by atoms with Crippen molar-refractivity contribution in [2.75, 3.05) is 13.1 Å². The first-order valence-corrected chi connectivity index (χ1v) is 8.12. The summed E-state index contributed by atoms with van der Waals surface area (Å²) in [5, 5.41) is 1.04. The molecule has 1 aliphatic rings. The highest BCUT2D eigenvalue weighted by molar-refractivity contribution is 5.87. The van der Waals surface area contributed by atoms with Crippen LogP contribution >= 0.6 is 0 Å². The van der Waals surface area contributed by atoms with Gasteiger partial charge in [0.25, 0.3) is 0 Å². The van der Waals surface area contributed by atoms with Crippen molar-refractivity contribution in [3.8, 4) is 0 Å². The smallest absolute Gasteiger partial charge is 0.227 e. The summed E-state index contributed by atoms with van der Waals surface area (Å²) in [6, 6.07) is 8.56. The van der Waals surface area contributed by atoms with E-state index in [1.807, 2.05) is 23.2 Å². The summed E-state index contributed by atoms with van der Waals surface area (Å²) in [5.74, 6) is 0.209. The summed E-state index contributed by atoms with van der Waals surface area (Å²) in [5.41, 5.74) is 1.88. The molecule has 1 N–H and O–H groups in total. The molecule has 0 unspecified atom stereocenters. The van der Waals surface area contributed by atoms with Gasteiger partial charge in [0, 0.05) is 49.3 Å². The quantitative estimate of drug-likeness (QED) is 0.809. The van der Waals surface area contributed by atoms with E-state index in [9.17, 15) is 4.79 Å². The Labute approximate surface area is 134 Å². The van der Waals surface area contributed by atoms with Crippen molar-refractivity contribution in [3.05, 3.63) is 54.6 Å². The minimum absolute atomic E-state index is 0.209. The lowest BCUT2D eigenvalue weighted by atomic mass is 10.0. The number of amides is 1. The van der Waals surface area contributed by atoms with Gasteiger partial charge >= 0.3 is 0 Å². The highest BCUT2D eigenvalue weighted by Gasteiger charge is 2.23. The van der Waals surface area contributed by atoms with Crippen LogP contribution in [0.1, 0.15) is 24.4 Å². The van der Waals surface area contributed by atoms with E-state index in [-0.39, 0.29) is 5.91 Å². The number of pyridine rings is 1. The van der Waals surface area contributed by atoms with Crippen LogP contribution in [0.3, 0.4) is 0 Å². The maximum atomic E-state index is 12.6. The first kappa shape index (κ1) is 14.1. The van der Waals surface area contributed by atoms with Crippen LogP contribution in [0.4, 0.5) is 0 Å². The number of nitrogens with zero attached hydrogens (tertiary/aromatic N) is 3. The second-order valence-electron chi connectivity index (χ2n) is 6.13. The number of H-pyrrole nitrogens is 1. The van der Waals surface area contributed by atoms with E-state index in [1.165, 1.54) is 0 Å². The first-order valence-electron chi connectivity index (χ1n) is 8.12. The molecule has 3 aromatic rings. The van der Waals surface area contributed by atoms with Crippen LogP contribution in [0.25, 0.3) is 11.0 Å². The molecule has 118 valence electrons. The molecule has 1 fully saturated rings. The zero-order valence-electron chi connectivity index (χ0n) is 13.0. The van der Waals surface area contributed by atoms with Gasteiger partial charge in [-0.2, -0.15) is 0 Å². The Hall–Kier alpha value is -2.56. The molecule has 4 heterocycles. The van der Waals surface area contributed by atoms with Gasteiger partial charge in [-0.1, -0.05) is 0 Å². The van der Waals surface area contributed by atoms with Gasteiger partial charge in [0.1, 0.15) is 5.65 Å². The number of aromatic amines is 1. The number of aromatic nitrogens is 3. The van der Waals surface area contributed by atoms with Crippen LogP contribution in [0.5, 0.6) is 0 Å². The Bertz CT molecular complexity index is 797. The molecule has 4 rings (SSSR count). The van der Waals surface area contributed by atoms with Gasteiger partial charge in [0.15, 0.2) is 0 Å². The Balaban J connectivity index is 1.40. The fraction of sp³-hybridized carbons (Fsp3) is 0.333. The summed E-state index contributed by atoms with van der Waals surface area (Å²) >= 11 is 0. The van der Waals surface area contributed by atoms with E-state index in [0.717, 1.165) is 42.5 Å². The predicted molar refractivity (Wildman–Crippen MR) is 89.1 cm³/mol. The Morgan fingerprint density at radius 2 is 2.00 bits per heavy atom. The topological polar surface area (TPSA) is 53.9 Å². The first-order chi connectivity index (χ1) is 11.3. The summed E-state index contributed by atoms with van der Waals surface area (Å²) in [6.07, 6.45) is 10.4. The summed E-state index contributed by atoms with van der Waals surface area (Å²) in [6.45, 7) is 1.67. The fourth-order valence-corrected chi connectivity index (χ4v) is 3.44. The van der Waals surface area contributed by atoms with E-state index < -0.39 is 0 Å². The molecular formula is C18H20N4O. The zero-order chi connectivity index (χ0) is 15.6. The summed E-state index contributed by atoms with van der Waals surface area (Å²) in [7, 11) is 0. The zero-order valence-corrected chi connectivity index (χ0v) is 13.0. The van der Waals surface area contributed by atoms with Crippen LogP contribution in [0, 0.1) is 0 Å². The molecule has 3 aromatic heterocycles. The highest BCUT2D eigenvalue weighted by atomic mass is 16.2. The molecule has 0 saturated carbocycles. The third-order valence-corrected chi connectivity index (χ3v) is 4.74. The van der Waals surface area contributed by atoms with Gasteiger partial charge < -0.3 is 14.5 Å². The van der Waals surface area contributed by atoms with Crippen molar-refractivity contribution in [2.45, 2.75) is 25.3 Å². The lowest BCUT2D eigenvalue weighted by Crippen LogP contribution is -2.39. The van der Waals surface area contributed by atoms with E-state index in [2.05, 4.69) is 39.1 Å². The number of piperidine rings is 1. The predicted octanol–water partition coefficient (Wildman–Crippen LogP) is 2.77. The summed E-state index contributed by atoms with van der Waals surface area (Å²) < 4.78 is 2.26. The van der Waals surface area contributed by atoms with Crippen molar-refractivity contribution in [1.29, 1.82) is 0 Å². The van der Waals surface area contributed by atoms with Crippen molar-refractivity contribution in [1.82, 2.24) is 19.4 Å². The molecule has 23 heavy (non-hydrogen) atoms. The molecule has 5 nitrogen and oxygen atoms in total. The number of hydrogen-bond acceptors (Lipinski definition) is 2. The maximum Gasteiger partial charge on any atom is 0.227 e. The molecule has 0 atom stereocenters. The van der Waals surface area contributed by atoms with Crippen LogP contribution in [-0.2, 0) is 11.2 Å². The molecule has 0 aliphatic carbocycles. The van der Waals surface area contributed by atoms with Crippen LogP contribution in [-0.4, -0.2) is 38.4 Å². The SMILES string of the molecule is O=C(Cc1c[nH]c2ncccc12)N1CCC(n2cccc2)CC1. The van der Waals surface area contributed by atoms with E-state index >= 15 is 0 Å². The average molecular weight is 308 g/mol. The van der Waals surface area contributed by atoms with Crippen LogP contribution in [0.15, 0.2) is 49.1 Å². The largest absolute Gasteiger partial charge is 0.351 e. The Morgan fingerprint density at radius 1 is 1.22 bits per heavy atom. The monoisotopic (exact) mass is 308 g/mol. The number of likely N-dealkylation sites (tertiary alicyclic amines) is 1. The molecule has 1 aliphatic heterocycles. The van der Waals surface area contributed by atoms with Gasteiger partial charge in [0.05, 0.1) is 6.42 Å². The van der Waals surface area contributed by atoms with Crippen LogP contribution in [0.2, 0.25) is 0 Å². The number of fused-ring (bicyclic) bond motifs is 1. The maximum absolute atomic E-state index is 12.6. The average Bonchev–Trinajstić information content (AvgIpc) is 3.25. The number of carbonyl (C=O) groups is 1. The minimum atomic E-state index is 0.209. The fourth-order valence-electron chi connectivity index (χ4n) is 3.44. The van der Waals surface area contributed by atoms with E-state index in [4.69, 9.17) is 0 Å². The molecule has 0 bridgehead atoms. The number of carbonyl (C=O) groups excluding carboxylic acids is 1. The Kier molecular flexibility index (Phi) is 3.61. The lowest BCUT2D eigenvalue weighted by molar-refractivity contribution is -0.131. The van der Waals surface area contributed by atoms with Crippen molar-refractivity contribution < 1.29 is 4.79 Å². The molecule has 1 amide bonds. The van der Waals surface area contributed by atoms with Crippen molar-refractivity contribution >= 4 is 16.9 Å². The van der Waals surface area contributed by atoms with Crippen molar-refractivity contribution in [3.63, 3.8) is 0 Å². The normalized spacial score (nSPS) is 16.1. The number of hydrogen-bond donors (Lipinski definition) is 1. The van der Waals surface area contributed by atoms with Gasteiger partial charge in [0.2, 0.25) is 5.91 Å². The number of nitrogens with one attached hydrogen (secondary N) is 1. The second-order valence-corrected chi connectivity index (χ2v) is 6.13. The third-order valence-electron chi connectivity index (χ3n) is 4.74. The second kappa shape index (κ2) is 5.91. The van der Waals surface area contributed by atoms with Crippen LogP contribution < -0.4 is 0 Å². The lowest BCUT2D eigenvalue weighted by Gasteiger charge is -2.32. The number of rotatable bonds is 3. The Morgan fingerprint density at radius 3 is 2.78 bits per heavy atom. The van der Waals surface area contributed by atoms with Gasteiger partial charge in [-0.05, 0) is 42.7 Å². The van der Waals surface area contributed by atoms with Crippen molar-refractivity contribution in [2.24, 2.45) is 0 Å². The minimum Gasteiger partial charge on any atom is -0.351 e. The molecule has 0 aromatic carbocycles. The highest BCUT2D eigenvalue weighted by Crippen LogP contribution is 2.24. The molecule has 0 spiro atoms. The molecular weight excluding hydrogens is 288 g/mol. The molecule has 5 heteroatoms. The summed E-state index contributed by atoms with van der Waals surface area (Å²) in [4.78, 5) is 22.0. The third kappa shape index (κ3) is 2.74. The van der Waals surface area contributed by atoms with E-state index in [1.54, 1.807) is 6.20 Å². The standard InChI is InChI=1S/C18H20N4O/c23-17(12-14-13-20-18-16(14)4-3-7-19-18)22-10-5-15(6-11-22)21-8-1-2-9-21/h1-4,7-9,13,15H,5-6,10-12H2,(H,19,20).